The van der Waals surface area contributed by atoms with Crippen LogP contribution in [-0.4, -0.2) is 15.6 Å². The summed E-state index contributed by atoms with van der Waals surface area (Å²) in [5.41, 5.74) is 2.13. The third kappa shape index (κ3) is 4.06. The highest BCUT2D eigenvalue weighted by atomic mass is 16.1. The molecule has 3 heteroatoms. The highest BCUT2D eigenvalue weighted by molar-refractivity contribution is 5.91. The number of ketones is 1. The summed E-state index contributed by atoms with van der Waals surface area (Å²) in [6, 6.07) is 2.54. The molecule has 0 bridgehead atoms. The van der Waals surface area contributed by atoms with Crippen molar-refractivity contribution in [1.29, 1.82) is 0 Å². The van der Waals surface area contributed by atoms with E-state index in [-0.39, 0.29) is 5.78 Å². The van der Waals surface area contributed by atoms with Crippen molar-refractivity contribution in [3.8, 4) is 0 Å². The smallest absolute Gasteiger partial charge is 0.161 e. The maximum atomic E-state index is 12.0. The Kier molecular flexibility index (Phi) is 5.57. The number of carbonyl (C=O) groups excluding carboxylic acids is 1. The molecule has 3 nitrogen and oxygen atoms in total. The van der Waals surface area contributed by atoms with Crippen LogP contribution in [-0.2, 0) is 11.2 Å². The number of nitrogens with zero attached hydrogens (tertiary/aromatic N) is 2. The van der Waals surface area contributed by atoms with Gasteiger partial charge in [0.1, 0.15) is 0 Å². The SMILES string of the molecule is CCC(=CC(=O)Cc1ccn(C2CCCCC2)n1)CC. The predicted octanol–water partition coefficient (Wildman–Crippen LogP) is 4.25. The van der Waals surface area contributed by atoms with Gasteiger partial charge in [0.05, 0.1) is 18.2 Å². The summed E-state index contributed by atoms with van der Waals surface area (Å²) in [5, 5.41) is 4.60. The fourth-order valence-corrected chi connectivity index (χ4v) is 2.93. The molecular formula is C17H26N2O. The number of hydrogen-bond acceptors (Lipinski definition) is 2. The Morgan fingerprint density at radius 3 is 2.65 bits per heavy atom. The molecule has 0 saturated heterocycles. The fourth-order valence-electron chi connectivity index (χ4n) is 2.93. The molecule has 0 atom stereocenters. The Bertz CT molecular complexity index is 461. The van der Waals surface area contributed by atoms with Crippen LogP contribution in [0.15, 0.2) is 23.9 Å². The van der Waals surface area contributed by atoms with E-state index in [0.29, 0.717) is 12.5 Å². The van der Waals surface area contributed by atoms with Crippen LogP contribution >= 0.6 is 0 Å². The van der Waals surface area contributed by atoms with Gasteiger partial charge in [0.2, 0.25) is 0 Å². The minimum Gasteiger partial charge on any atom is -0.294 e. The van der Waals surface area contributed by atoms with Crippen LogP contribution in [0, 0.1) is 0 Å². The largest absolute Gasteiger partial charge is 0.294 e. The molecule has 0 unspecified atom stereocenters. The zero-order chi connectivity index (χ0) is 14.4. The lowest BCUT2D eigenvalue weighted by atomic mass is 9.96. The predicted molar refractivity (Wildman–Crippen MR) is 81.7 cm³/mol. The van der Waals surface area contributed by atoms with Gasteiger partial charge in [-0.05, 0) is 37.8 Å². The van der Waals surface area contributed by atoms with Crippen molar-refractivity contribution in [2.45, 2.75) is 71.3 Å². The summed E-state index contributed by atoms with van der Waals surface area (Å²) in [6.45, 7) is 4.20. The number of allylic oxidation sites excluding steroid dienone is 2. The third-order valence-electron chi connectivity index (χ3n) is 4.24. The van der Waals surface area contributed by atoms with Crippen molar-refractivity contribution in [2.24, 2.45) is 0 Å². The van der Waals surface area contributed by atoms with E-state index in [1.54, 1.807) is 6.08 Å². The summed E-state index contributed by atoms with van der Waals surface area (Å²) in [5.74, 6) is 0.178. The lowest BCUT2D eigenvalue weighted by Gasteiger charge is -2.21. The van der Waals surface area contributed by atoms with Crippen molar-refractivity contribution >= 4 is 5.78 Å². The first-order valence-corrected chi connectivity index (χ1v) is 7.99. The van der Waals surface area contributed by atoms with E-state index in [4.69, 9.17) is 0 Å². The first kappa shape index (κ1) is 15.0. The molecule has 1 aliphatic carbocycles. The van der Waals surface area contributed by atoms with Gasteiger partial charge in [0.15, 0.2) is 5.78 Å². The Morgan fingerprint density at radius 2 is 2.00 bits per heavy atom. The van der Waals surface area contributed by atoms with Crippen LogP contribution in [0.3, 0.4) is 0 Å². The van der Waals surface area contributed by atoms with Crippen molar-refractivity contribution in [1.82, 2.24) is 9.78 Å². The summed E-state index contributed by atoms with van der Waals surface area (Å²) in [6.07, 6.45) is 12.6. The first-order chi connectivity index (χ1) is 9.72. The fraction of sp³-hybridized carbons (Fsp3) is 0.647. The van der Waals surface area contributed by atoms with E-state index in [0.717, 1.165) is 18.5 Å². The molecule has 1 saturated carbocycles. The topological polar surface area (TPSA) is 34.9 Å². The van der Waals surface area contributed by atoms with Crippen LogP contribution < -0.4 is 0 Å². The standard InChI is InChI=1S/C17H26N2O/c1-3-14(4-2)12-17(20)13-15-10-11-19(18-15)16-8-6-5-7-9-16/h10-12,16H,3-9,13H2,1-2H3. The normalized spacial score (nSPS) is 16.1. The molecule has 2 rings (SSSR count). The van der Waals surface area contributed by atoms with E-state index < -0.39 is 0 Å². The minimum atomic E-state index is 0.178. The molecule has 1 aromatic heterocycles. The molecule has 0 spiro atoms. The van der Waals surface area contributed by atoms with Gasteiger partial charge in [-0.3, -0.25) is 9.48 Å². The average molecular weight is 274 g/mol. The van der Waals surface area contributed by atoms with Gasteiger partial charge in [0.25, 0.3) is 0 Å². The molecule has 0 N–H and O–H groups in total. The van der Waals surface area contributed by atoms with Gasteiger partial charge in [-0.2, -0.15) is 5.10 Å². The molecule has 1 fully saturated rings. The summed E-state index contributed by atoms with van der Waals surface area (Å²) in [7, 11) is 0. The molecule has 0 amide bonds. The summed E-state index contributed by atoms with van der Waals surface area (Å²) >= 11 is 0. The number of aromatic nitrogens is 2. The van der Waals surface area contributed by atoms with E-state index in [9.17, 15) is 4.79 Å². The molecule has 20 heavy (non-hydrogen) atoms. The van der Waals surface area contributed by atoms with Crippen molar-refractivity contribution in [3.63, 3.8) is 0 Å². The van der Waals surface area contributed by atoms with Crippen LogP contribution in [0.1, 0.15) is 70.5 Å². The van der Waals surface area contributed by atoms with E-state index in [1.807, 2.05) is 12.3 Å². The van der Waals surface area contributed by atoms with Crippen LogP contribution in [0.25, 0.3) is 0 Å². The second kappa shape index (κ2) is 7.41. The maximum absolute atomic E-state index is 12.0. The molecule has 0 aromatic carbocycles. The highest BCUT2D eigenvalue weighted by Gasteiger charge is 2.16. The zero-order valence-corrected chi connectivity index (χ0v) is 12.8. The maximum Gasteiger partial charge on any atom is 0.161 e. The molecular weight excluding hydrogens is 248 g/mol. The molecule has 1 aliphatic rings. The van der Waals surface area contributed by atoms with Crippen LogP contribution in [0.5, 0.6) is 0 Å². The Labute approximate surface area is 122 Å². The minimum absolute atomic E-state index is 0.178. The van der Waals surface area contributed by atoms with Gasteiger partial charge in [-0.1, -0.05) is 38.7 Å². The van der Waals surface area contributed by atoms with Crippen molar-refractivity contribution in [2.75, 3.05) is 0 Å². The summed E-state index contributed by atoms with van der Waals surface area (Å²) < 4.78 is 2.08. The molecule has 0 aliphatic heterocycles. The Hall–Kier alpha value is -1.38. The van der Waals surface area contributed by atoms with Crippen LogP contribution in [0.2, 0.25) is 0 Å². The average Bonchev–Trinajstić information content (AvgIpc) is 2.94. The second-order valence-electron chi connectivity index (χ2n) is 5.73. The number of hydrogen-bond donors (Lipinski definition) is 0. The zero-order valence-electron chi connectivity index (χ0n) is 12.8. The van der Waals surface area contributed by atoms with Gasteiger partial charge in [-0.15, -0.1) is 0 Å². The van der Waals surface area contributed by atoms with Crippen molar-refractivity contribution < 1.29 is 4.79 Å². The summed E-state index contributed by atoms with van der Waals surface area (Å²) in [4.78, 5) is 12.0. The molecule has 0 radical (unpaired) electrons. The van der Waals surface area contributed by atoms with Gasteiger partial charge in [0, 0.05) is 6.20 Å². The van der Waals surface area contributed by atoms with E-state index in [1.165, 1.54) is 37.7 Å². The Morgan fingerprint density at radius 1 is 1.30 bits per heavy atom. The highest BCUT2D eigenvalue weighted by Crippen LogP contribution is 2.27. The number of carbonyl (C=O) groups is 1. The van der Waals surface area contributed by atoms with Gasteiger partial charge < -0.3 is 0 Å². The Balaban J connectivity index is 1.95. The molecule has 110 valence electrons. The monoisotopic (exact) mass is 274 g/mol. The van der Waals surface area contributed by atoms with Crippen LogP contribution in [0.4, 0.5) is 0 Å². The van der Waals surface area contributed by atoms with E-state index >= 15 is 0 Å². The quantitative estimate of drug-likeness (QED) is 0.727. The lowest BCUT2D eigenvalue weighted by Crippen LogP contribution is -2.13. The third-order valence-corrected chi connectivity index (χ3v) is 4.24. The lowest BCUT2D eigenvalue weighted by molar-refractivity contribution is -0.114. The second-order valence-corrected chi connectivity index (χ2v) is 5.73. The molecule has 1 aromatic rings. The van der Waals surface area contributed by atoms with Gasteiger partial charge in [-0.25, -0.2) is 0 Å². The van der Waals surface area contributed by atoms with Gasteiger partial charge >= 0.3 is 0 Å². The number of rotatable bonds is 6. The van der Waals surface area contributed by atoms with E-state index in [2.05, 4.69) is 23.6 Å². The van der Waals surface area contributed by atoms with Crippen molar-refractivity contribution in [3.05, 3.63) is 29.6 Å². The first-order valence-electron chi connectivity index (χ1n) is 7.99. The molecule has 1 heterocycles.